The van der Waals surface area contributed by atoms with Gasteiger partial charge in [0.15, 0.2) is 0 Å². The van der Waals surface area contributed by atoms with Crippen LogP contribution in [0.3, 0.4) is 0 Å². The number of nitrogens with zero attached hydrogens (tertiary/aromatic N) is 1. The molecular weight excluding hydrogens is 172 g/mol. The molecule has 1 aromatic carbocycles. The molecule has 74 valence electrons. The van der Waals surface area contributed by atoms with E-state index in [9.17, 15) is 0 Å². The first kappa shape index (κ1) is 9.28. The van der Waals surface area contributed by atoms with Crippen molar-refractivity contribution in [1.82, 2.24) is 4.57 Å². The monoisotopic (exact) mass is 188 g/mol. The van der Waals surface area contributed by atoms with Crippen molar-refractivity contribution in [3.63, 3.8) is 0 Å². The third-order valence-electron chi connectivity index (χ3n) is 2.41. The normalized spacial score (nSPS) is 13.4. The van der Waals surface area contributed by atoms with E-state index in [0.29, 0.717) is 0 Å². The number of nitrogens with two attached hydrogens (primary N) is 1. The van der Waals surface area contributed by atoms with Gasteiger partial charge >= 0.3 is 0 Å². The van der Waals surface area contributed by atoms with E-state index >= 15 is 0 Å². The first-order valence-corrected chi connectivity index (χ1v) is 4.98. The Kier molecular flexibility index (Phi) is 2.30. The van der Waals surface area contributed by atoms with Gasteiger partial charge in [-0.15, -0.1) is 0 Å². The molecule has 2 nitrogen and oxygen atoms in total. The molecule has 0 unspecified atom stereocenters. The van der Waals surface area contributed by atoms with Gasteiger partial charge in [0, 0.05) is 24.3 Å². The average Bonchev–Trinajstić information content (AvgIpc) is 2.47. The molecule has 0 amide bonds. The zero-order chi connectivity index (χ0) is 10.1. The Morgan fingerprint density at radius 1 is 1.36 bits per heavy atom. The Morgan fingerprint density at radius 2 is 2.14 bits per heavy atom. The van der Waals surface area contributed by atoms with E-state index in [1.54, 1.807) is 0 Å². The highest BCUT2D eigenvalue weighted by Gasteiger charge is 2.02. The van der Waals surface area contributed by atoms with Crippen LogP contribution in [0.5, 0.6) is 0 Å². The minimum atomic E-state index is 0.200. The van der Waals surface area contributed by atoms with Crippen molar-refractivity contribution in [2.45, 2.75) is 26.4 Å². The molecular formula is C12H16N2. The van der Waals surface area contributed by atoms with Crippen molar-refractivity contribution in [3.8, 4) is 0 Å². The Labute approximate surface area is 84.3 Å². The third-order valence-corrected chi connectivity index (χ3v) is 2.41. The number of fused-ring (bicyclic) bond motifs is 1. The van der Waals surface area contributed by atoms with Crippen LogP contribution in [0.15, 0.2) is 30.5 Å². The minimum absolute atomic E-state index is 0.200. The number of aryl methyl sites for hydroxylation is 1. The van der Waals surface area contributed by atoms with Gasteiger partial charge in [0.25, 0.3) is 0 Å². The molecule has 2 aromatic rings. The van der Waals surface area contributed by atoms with Crippen LogP contribution in [0, 0.1) is 6.92 Å². The second kappa shape index (κ2) is 3.46. The van der Waals surface area contributed by atoms with Gasteiger partial charge < -0.3 is 10.3 Å². The van der Waals surface area contributed by atoms with Crippen LogP contribution in [0.25, 0.3) is 10.9 Å². The molecule has 2 rings (SSSR count). The molecule has 0 aliphatic rings. The molecule has 2 heteroatoms. The molecule has 1 heterocycles. The van der Waals surface area contributed by atoms with Crippen molar-refractivity contribution in [3.05, 3.63) is 36.0 Å². The Hall–Kier alpha value is -1.28. The average molecular weight is 188 g/mol. The van der Waals surface area contributed by atoms with Gasteiger partial charge in [-0.2, -0.15) is 0 Å². The van der Waals surface area contributed by atoms with E-state index in [0.717, 1.165) is 6.54 Å². The summed E-state index contributed by atoms with van der Waals surface area (Å²) in [6.07, 6.45) is 2.10. The predicted octanol–water partition coefficient (Wildman–Crippen LogP) is 2.30. The van der Waals surface area contributed by atoms with Crippen LogP contribution >= 0.6 is 0 Å². The van der Waals surface area contributed by atoms with Crippen LogP contribution < -0.4 is 5.73 Å². The van der Waals surface area contributed by atoms with E-state index in [1.807, 2.05) is 6.92 Å². The highest BCUT2D eigenvalue weighted by Crippen LogP contribution is 2.17. The summed E-state index contributed by atoms with van der Waals surface area (Å²) in [5, 5.41) is 1.29. The van der Waals surface area contributed by atoms with Gasteiger partial charge in [-0.1, -0.05) is 12.1 Å². The van der Waals surface area contributed by atoms with E-state index in [-0.39, 0.29) is 6.04 Å². The molecule has 1 atom stereocenters. The maximum absolute atomic E-state index is 5.79. The summed E-state index contributed by atoms with van der Waals surface area (Å²) in [7, 11) is 0. The Morgan fingerprint density at radius 3 is 2.86 bits per heavy atom. The number of hydrogen-bond acceptors (Lipinski definition) is 1. The van der Waals surface area contributed by atoms with Gasteiger partial charge in [-0.3, -0.25) is 0 Å². The summed E-state index contributed by atoms with van der Waals surface area (Å²) in [5.74, 6) is 0. The summed E-state index contributed by atoms with van der Waals surface area (Å²) in [4.78, 5) is 0. The van der Waals surface area contributed by atoms with Crippen LogP contribution in [-0.2, 0) is 6.54 Å². The maximum atomic E-state index is 5.79. The lowest BCUT2D eigenvalue weighted by Gasteiger charge is -2.08. The number of benzene rings is 1. The molecule has 0 saturated heterocycles. The van der Waals surface area contributed by atoms with E-state index in [4.69, 9.17) is 5.73 Å². The van der Waals surface area contributed by atoms with E-state index in [2.05, 4.69) is 42.0 Å². The molecule has 0 bridgehead atoms. The molecule has 1 aromatic heterocycles. The Balaban J connectivity index is 2.50. The first-order chi connectivity index (χ1) is 6.66. The van der Waals surface area contributed by atoms with Crippen molar-refractivity contribution in [2.75, 3.05) is 0 Å². The van der Waals surface area contributed by atoms with Gasteiger partial charge in [0.05, 0.1) is 0 Å². The molecule has 0 aliphatic carbocycles. The molecule has 2 N–H and O–H groups in total. The van der Waals surface area contributed by atoms with Crippen LogP contribution in [-0.4, -0.2) is 10.6 Å². The first-order valence-electron chi connectivity index (χ1n) is 4.98. The fourth-order valence-electron chi connectivity index (χ4n) is 1.76. The van der Waals surface area contributed by atoms with Crippen molar-refractivity contribution >= 4 is 10.9 Å². The molecule has 0 aliphatic heterocycles. The van der Waals surface area contributed by atoms with Crippen LogP contribution in [0.1, 0.15) is 12.5 Å². The largest absolute Gasteiger partial charge is 0.346 e. The lowest BCUT2D eigenvalue weighted by atomic mass is 10.2. The third kappa shape index (κ3) is 1.66. The predicted molar refractivity (Wildman–Crippen MR) is 60.3 cm³/mol. The zero-order valence-corrected chi connectivity index (χ0v) is 8.70. The van der Waals surface area contributed by atoms with Gasteiger partial charge in [-0.05, 0) is 36.9 Å². The number of hydrogen-bond donors (Lipinski definition) is 1. The SMILES string of the molecule is Cc1ccc2ccn(C[C@@H](C)N)c2c1. The second-order valence-corrected chi connectivity index (χ2v) is 4.01. The molecule has 0 fully saturated rings. The number of rotatable bonds is 2. The van der Waals surface area contributed by atoms with Crippen molar-refractivity contribution < 1.29 is 0 Å². The lowest BCUT2D eigenvalue weighted by Crippen LogP contribution is -2.21. The fourth-order valence-corrected chi connectivity index (χ4v) is 1.76. The fraction of sp³-hybridized carbons (Fsp3) is 0.333. The number of aromatic nitrogens is 1. The van der Waals surface area contributed by atoms with Crippen molar-refractivity contribution in [2.24, 2.45) is 5.73 Å². The maximum Gasteiger partial charge on any atom is 0.0483 e. The molecule has 0 saturated carbocycles. The summed E-state index contributed by atoms with van der Waals surface area (Å²) in [6.45, 7) is 5.03. The highest BCUT2D eigenvalue weighted by atomic mass is 15.0. The van der Waals surface area contributed by atoms with Crippen LogP contribution in [0.4, 0.5) is 0 Å². The van der Waals surface area contributed by atoms with E-state index in [1.165, 1.54) is 16.5 Å². The van der Waals surface area contributed by atoms with Crippen LogP contribution in [0.2, 0.25) is 0 Å². The molecule has 0 spiro atoms. The van der Waals surface area contributed by atoms with Gasteiger partial charge in [0.2, 0.25) is 0 Å². The Bertz CT molecular complexity index is 441. The zero-order valence-electron chi connectivity index (χ0n) is 8.70. The van der Waals surface area contributed by atoms with Crippen molar-refractivity contribution in [1.29, 1.82) is 0 Å². The smallest absolute Gasteiger partial charge is 0.0483 e. The summed E-state index contributed by atoms with van der Waals surface area (Å²) in [6, 6.07) is 8.83. The summed E-state index contributed by atoms with van der Waals surface area (Å²) in [5.41, 5.74) is 8.37. The summed E-state index contributed by atoms with van der Waals surface area (Å²) < 4.78 is 2.22. The topological polar surface area (TPSA) is 30.9 Å². The minimum Gasteiger partial charge on any atom is -0.346 e. The second-order valence-electron chi connectivity index (χ2n) is 4.01. The standard InChI is InChI=1S/C12H16N2/c1-9-3-4-11-5-6-14(8-10(2)13)12(11)7-9/h3-7,10H,8,13H2,1-2H3/t10-/m1/s1. The van der Waals surface area contributed by atoms with Gasteiger partial charge in [0.1, 0.15) is 0 Å². The van der Waals surface area contributed by atoms with E-state index < -0.39 is 0 Å². The lowest BCUT2D eigenvalue weighted by molar-refractivity contribution is 0.605. The summed E-state index contributed by atoms with van der Waals surface area (Å²) >= 11 is 0. The van der Waals surface area contributed by atoms with Gasteiger partial charge in [-0.25, -0.2) is 0 Å². The molecule has 14 heavy (non-hydrogen) atoms. The molecule has 0 radical (unpaired) electrons. The quantitative estimate of drug-likeness (QED) is 0.770. The highest BCUT2D eigenvalue weighted by molar-refractivity contribution is 5.80.